The van der Waals surface area contributed by atoms with Gasteiger partial charge in [0.25, 0.3) is 0 Å². The highest BCUT2D eigenvalue weighted by Crippen LogP contribution is 2.55. The Labute approximate surface area is 153 Å². The molecule has 5 rings (SSSR count). The molecule has 1 heterocycles. The second kappa shape index (κ2) is 5.98. The Balaban J connectivity index is 1.56. The molecule has 1 aliphatic heterocycles. The van der Waals surface area contributed by atoms with Gasteiger partial charge in [-0.15, -0.1) is 0 Å². The third-order valence-corrected chi connectivity index (χ3v) is 6.86. The summed E-state index contributed by atoms with van der Waals surface area (Å²) in [4.78, 5) is 0. The van der Waals surface area contributed by atoms with Crippen LogP contribution in [-0.2, 0) is 11.8 Å². The first-order valence-electron chi connectivity index (χ1n) is 9.78. The zero-order valence-electron chi connectivity index (χ0n) is 14.9. The molecule has 2 fully saturated rings. The minimum absolute atomic E-state index is 0.233. The summed E-state index contributed by atoms with van der Waals surface area (Å²) in [7, 11) is 0. The predicted octanol–water partition coefficient (Wildman–Crippen LogP) is 4.62. The first kappa shape index (κ1) is 16.1. The third-order valence-electron chi connectivity index (χ3n) is 6.86. The van der Waals surface area contributed by atoms with Gasteiger partial charge in [0.2, 0.25) is 0 Å². The van der Waals surface area contributed by atoms with E-state index >= 15 is 0 Å². The van der Waals surface area contributed by atoms with Crippen molar-refractivity contribution in [2.24, 2.45) is 5.92 Å². The molecule has 2 bridgehead atoms. The van der Waals surface area contributed by atoms with Crippen LogP contribution in [0.5, 0.6) is 5.75 Å². The largest absolute Gasteiger partial charge is 0.506 e. The van der Waals surface area contributed by atoms with Crippen molar-refractivity contribution in [3.8, 4) is 5.75 Å². The zero-order chi connectivity index (χ0) is 17.7. The van der Waals surface area contributed by atoms with E-state index in [2.05, 4.69) is 16.7 Å². The van der Waals surface area contributed by atoms with Gasteiger partial charge in [0.05, 0.1) is 5.69 Å². The molecule has 0 amide bonds. The predicted molar refractivity (Wildman–Crippen MR) is 102 cm³/mol. The van der Waals surface area contributed by atoms with Gasteiger partial charge in [-0.25, -0.2) is 4.39 Å². The summed E-state index contributed by atoms with van der Waals surface area (Å²) in [6, 6.07) is 11.0. The average molecular weight is 352 g/mol. The highest BCUT2D eigenvalue weighted by atomic mass is 19.1. The fourth-order valence-corrected chi connectivity index (χ4v) is 5.79. The number of piperidine rings is 1. The van der Waals surface area contributed by atoms with E-state index in [1.165, 1.54) is 48.9 Å². The highest BCUT2D eigenvalue weighted by Gasteiger charge is 2.51. The monoisotopic (exact) mass is 352 g/mol. The van der Waals surface area contributed by atoms with Gasteiger partial charge in [-0.2, -0.15) is 0 Å². The van der Waals surface area contributed by atoms with Gasteiger partial charge in [-0.1, -0.05) is 18.9 Å². The molecular weight excluding hydrogens is 327 g/mol. The molecule has 3 N–H and O–H groups in total. The minimum atomic E-state index is -0.282. The van der Waals surface area contributed by atoms with Crippen LogP contribution in [0.4, 0.5) is 15.8 Å². The molecule has 4 heteroatoms. The molecule has 136 valence electrons. The number of hydrogen-bond acceptors (Lipinski definition) is 3. The molecule has 0 aromatic heterocycles. The van der Waals surface area contributed by atoms with Crippen LogP contribution in [0.1, 0.15) is 43.2 Å². The van der Waals surface area contributed by atoms with E-state index in [0.29, 0.717) is 23.3 Å². The SMILES string of the molecule is Oc1cc2c(cc1Nc1cccc(F)c1)C[C@@H]1NCC[C@]23CCCC[C@H]13. The Morgan fingerprint density at radius 1 is 1.15 bits per heavy atom. The Morgan fingerprint density at radius 2 is 2.08 bits per heavy atom. The molecule has 3 atom stereocenters. The van der Waals surface area contributed by atoms with Crippen LogP contribution >= 0.6 is 0 Å². The lowest BCUT2D eigenvalue weighted by molar-refractivity contribution is 0.0796. The molecule has 1 saturated carbocycles. The number of halogens is 1. The molecule has 3 aliphatic rings. The Hall–Kier alpha value is -2.07. The van der Waals surface area contributed by atoms with Crippen molar-refractivity contribution in [2.75, 3.05) is 11.9 Å². The van der Waals surface area contributed by atoms with Gasteiger partial charge in [0.1, 0.15) is 11.6 Å². The maximum atomic E-state index is 13.5. The summed E-state index contributed by atoms with van der Waals surface area (Å²) in [5, 5.41) is 17.6. The van der Waals surface area contributed by atoms with Gasteiger partial charge in [-0.05, 0) is 79.6 Å². The van der Waals surface area contributed by atoms with Gasteiger partial charge in [-0.3, -0.25) is 0 Å². The molecule has 0 spiro atoms. The van der Waals surface area contributed by atoms with Crippen LogP contribution in [0, 0.1) is 11.7 Å². The van der Waals surface area contributed by atoms with Crippen LogP contribution in [0.3, 0.4) is 0 Å². The quantitative estimate of drug-likeness (QED) is 0.691. The van der Waals surface area contributed by atoms with E-state index in [1.54, 1.807) is 6.07 Å². The number of benzene rings is 2. The maximum Gasteiger partial charge on any atom is 0.139 e. The summed E-state index contributed by atoms with van der Waals surface area (Å²) < 4.78 is 13.5. The van der Waals surface area contributed by atoms with Crippen molar-refractivity contribution in [2.45, 2.75) is 50.0 Å². The van der Waals surface area contributed by atoms with Crippen LogP contribution in [-0.4, -0.2) is 17.7 Å². The van der Waals surface area contributed by atoms with Crippen molar-refractivity contribution < 1.29 is 9.50 Å². The molecule has 0 radical (unpaired) electrons. The van der Waals surface area contributed by atoms with E-state index in [0.717, 1.165) is 19.4 Å². The fourth-order valence-electron chi connectivity index (χ4n) is 5.79. The molecule has 0 unspecified atom stereocenters. The number of fused-ring (bicyclic) bond motifs is 1. The van der Waals surface area contributed by atoms with Crippen molar-refractivity contribution in [1.82, 2.24) is 5.32 Å². The number of anilines is 2. The molecule has 26 heavy (non-hydrogen) atoms. The molecule has 2 aromatic carbocycles. The van der Waals surface area contributed by atoms with Gasteiger partial charge in [0, 0.05) is 17.1 Å². The van der Waals surface area contributed by atoms with Crippen molar-refractivity contribution in [1.29, 1.82) is 0 Å². The van der Waals surface area contributed by atoms with E-state index in [1.807, 2.05) is 12.1 Å². The average Bonchev–Trinajstić information content (AvgIpc) is 2.63. The van der Waals surface area contributed by atoms with Crippen molar-refractivity contribution in [3.63, 3.8) is 0 Å². The summed E-state index contributed by atoms with van der Waals surface area (Å²) in [5.41, 5.74) is 4.25. The topological polar surface area (TPSA) is 44.3 Å². The van der Waals surface area contributed by atoms with Gasteiger partial charge >= 0.3 is 0 Å². The molecule has 2 aromatic rings. The smallest absolute Gasteiger partial charge is 0.139 e. The van der Waals surface area contributed by atoms with Gasteiger partial charge in [0.15, 0.2) is 0 Å². The first-order valence-corrected chi connectivity index (χ1v) is 9.78. The fraction of sp³-hybridized carbons (Fsp3) is 0.455. The summed E-state index contributed by atoms with van der Waals surface area (Å²) in [6.45, 7) is 1.07. The third kappa shape index (κ3) is 2.43. The van der Waals surface area contributed by atoms with E-state index < -0.39 is 0 Å². The lowest BCUT2D eigenvalue weighted by atomic mass is 9.53. The Bertz CT molecular complexity index is 848. The second-order valence-corrected chi connectivity index (χ2v) is 8.19. The maximum absolute atomic E-state index is 13.5. The van der Waals surface area contributed by atoms with Crippen molar-refractivity contribution in [3.05, 3.63) is 53.3 Å². The van der Waals surface area contributed by atoms with E-state index in [-0.39, 0.29) is 17.0 Å². The lowest BCUT2D eigenvalue weighted by Crippen LogP contribution is -2.59. The van der Waals surface area contributed by atoms with Crippen molar-refractivity contribution >= 4 is 11.4 Å². The normalized spacial score (nSPS) is 29.6. The summed E-state index contributed by atoms with van der Waals surface area (Å²) in [5.74, 6) is 0.678. The molecule has 1 saturated heterocycles. The molecule has 3 nitrogen and oxygen atoms in total. The first-order chi connectivity index (χ1) is 12.7. The number of hydrogen-bond donors (Lipinski definition) is 3. The van der Waals surface area contributed by atoms with Crippen LogP contribution in [0.2, 0.25) is 0 Å². The van der Waals surface area contributed by atoms with Crippen LogP contribution in [0.15, 0.2) is 36.4 Å². The summed E-state index contributed by atoms with van der Waals surface area (Å²) in [6.07, 6.45) is 7.31. The summed E-state index contributed by atoms with van der Waals surface area (Å²) >= 11 is 0. The Morgan fingerprint density at radius 3 is 2.96 bits per heavy atom. The number of phenolic OH excluding ortho intramolecular Hbond substituents is 1. The highest BCUT2D eigenvalue weighted by molar-refractivity contribution is 5.69. The van der Waals surface area contributed by atoms with E-state index in [9.17, 15) is 9.50 Å². The number of nitrogens with one attached hydrogen (secondary N) is 2. The number of phenols is 1. The standard InChI is InChI=1S/C22H25FN2O/c23-15-4-3-5-16(12-15)25-20-11-14-10-19-17-6-1-2-7-22(17,8-9-24-19)18(14)13-21(20)26/h3-5,11-13,17,19,24-26H,1-2,6-10H2/t17-,19+,22+/m1/s1. The molecular formula is C22H25FN2O. The minimum Gasteiger partial charge on any atom is -0.506 e. The van der Waals surface area contributed by atoms with Crippen LogP contribution in [0.25, 0.3) is 0 Å². The molecule has 2 aliphatic carbocycles. The second-order valence-electron chi connectivity index (χ2n) is 8.19. The van der Waals surface area contributed by atoms with Gasteiger partial charge < -0.3 is 15.7 Å². The van der Waals surface area contributed by atoms with E-state index in [4.69, 9.17) is 0 Å². The number of rotatable bonds is 2. The lowest BCUT2D eigenvalue weighted by Gasteiger charge is -2.56. The number of aromatic hydroxyl groups is 1. The zero-order valence-corrected chi connectivity index (χ0v) is 14.9. The van der Waals surface area contributed by atoms with Crippen LogP contribution < -0.4 is 10.6 Å². The Kier molecular flexibility index (Phi) is 3.71.